The molecule has 0 radical (unpaired) electrons. The minimum Gasteiger partial charge on any atom is -0.371 e. The number of nitrogens with zero attached hydrogens (tertiary/aromatic N) is 1. The maximum Gasteiger partial charge on any atom is 0.359 e. The summed E-state index contributed by atoms with van der Waals surface area (Å²) in [5.41, 5.74) is 0.839. The topological polar surface area (TPSA) is 86.7 Å². The van der Waals surface area contributed by atoms with E-state index in [1.807, 2.05) is 60.7 Å². The van der Waals surface area contributed by atoms with Crippen molar-refractivity contribution in [1.29, 1.82) is 0 Å². The fraction of sp³-hybridized carbons (Fsp3) is 0.278. The maximum atomic E-state index is 12.7. The number of hydrogen-bond donors (Lipinski definition) is 2. The van der Waals surface area contributed by atoms with Crippen LogP contribution in [0.1, 0.15) is 18.4 Å². The van der Waals surface area contributed by atoms with Crippen molar-refractivity contribution in [2.75, 3.05) is 18.0 Å². The van der Waals surface area contributed by atoms with Crippen LogP contribution in [0, 0.1) is 0 Å². The molecule has 0 bridgehead atoms. The van der Waals surface area contributed by atoms with Crippen LogP contribution in [-0.4, -0.2) is 32.0 Å². The van der Waals surface area contributed by atoms with Crippen LogP contribution >= 0.6 is 0 Å². The van der Waals surface area contributed by atoms with E-state index >= 15 is 0 Å². The van der Waals surface area contributed by atoms with Crippen LogP contribution in [-0.2, 0) is 20.5 Å². The van der Waals surface area contributed by atoms with E-state index in [-0.39, 0.29) is 0 Å². The quantitative estimate of drug-likeness (QED) is 0.816. The molecule has 2 N–H and O–H groups in total. The molecule has 0 aliphatic carbocycles. The number of amides is 1. The van der Waals surface area contributed by atoms with E-state index in [0.717, 1.165) is 11.3 Å². The van der Waals surface area contributed by atoms with Crippen LogP contribution in [0.4, 0.5) is 5.69 Å². The number of hydrogen-bond acceptors (Lipinski definition) is 4. The van der Waals surface area contributed by atoms with Crippen molar-refractivity contribution in [3.8, 4) is 0 Å². The van der Waals surface area contributed by atoms with E-state index in [2.05, 4.69) is 4.90 Å². The van der Waals surface area contributed by atoms with Gasteiger partial charge in [-0.25, -0.2) is 4.72 Å². The lowest BCUT2D eigenvalue weighted by molar-refractivity contribution is -0.125. The highest BCUT2D eigenvalue weighted by Crippen LogP contribution is 2.37. The number of carbonyl (C=O) groups excluding carboxylic acids is 1. The van der Waals surface area contributed by atoms with Crippen LogP contribution in [0.3, 0.4) is 0 Å². The Labute approximate surface area is 147 Å². The smallest absolute Gasteiger partial charge is 0.359 e. The van der Waals surface area contributed by atoms with E-state index < -0.39 is 21.6 Å². The van der Waals surface area contributed by atoms with Crippen molar-refractivity contribution < 1.29 is 17.8 Å². The number of nitrogens with one attached hydrogen (secondary N) is 1. The maximum absolute atomic E-state index is 12.7. The van der Waals surface area contributed by atoms with Crippen molar-refractivity contribution in [3.05, 3.63) is 66.2 Å². The molecule has 0 atom stereocenters. The van der Waals surface area contributed by atoms with E-state index in [0.29, 0.717) is 25.9 Å². The summed E-state index contributed by atoms with van der Waals surface area (Å²) in [6, 6.07) is 19.0. The molecule has 0 saturated carbocycles. The summed E-state index contributed by atoms with van der Waals surface area (Å²) >= 11 is 0. The van der Waals surface area contributed by atoms with Crippen LogP contribution in [0.25, 0.3) is 0 Å². The van der Waals surface area contributed by atoms with Crippen molar-refractivity contribution in [2.24, 2.45) is 0 Å². The fourth-order valence-corrected chi connectivity index (χ4v) is 3.83. The normalized spacial score (nSPS) is 17.1. The molecule has 7 heteroatoms. The first-order valence-corrected chi connectivity index (χ1v) is 9.50. The molecule has 2 aromatic carbocycles. The lowest BCUT2D eigenvalue weighted by atomic mass is 9.72. The molecule has 6 nitrogen and oxygen atoms in total. The zero-order valence-electron chi connectivity index (χ0n) is 13.6. The van der Waals surface area contributed by atoms with Gasteiger partial charge >= 0.3 is 10.3 Å². The Bertz CT molecular complexity index is 830. The molecule has 1 saturated heterocycles. The molecular formula is C18H20N2O4S. The number of carbonyl (C=O) groups is 1. The van der Waals surface area contributed by atoms with Crippen LogP contribution in [0.15, 0.2) is 60.7 Å². The van der Waals surface area contributed by atoms with Crippen molar-refractivity contribution in [3.63, 3.8) is 0 Å². The minimum atomic E-state index is -4.60. The zero-order valence-corrected chi connectivity index (χ0v) is 14.4. The molecular weight excluding hydrogens is 340 g/mol. The Hall–Kier alpha value is -2.38. The first kappa shape index (κ1) is 17.4. The van der Waals surface area contributed by atoms with Crippen LogP contribution in [0.2, 0.25) is 0 Å². The number of anilines is 1. The molecule has 1 heterocycles. The Balaban J connectivity index is 1.89. The summed E-state index contributed by atoms with van der Waals surface area (Å²) in [5.74, 6) is -0.686. The number of para-hydroxylation sites is 1. The van der Waals surface area contributed by atoms with E-state index in [1.54, 1.807) is 4.72 Å². The monoisotopic (exact) mass is 360 g/mol. The summed E-state index contributed by atoms with van der Waals surface area (Å²) < 4.78 is 33.1. The van der Waals surface area contributed by atoms with Crippen LogP contribution < -0.4 is 9.62 Å². The van der Waals surface area contributed by atoms with Gasteiger partial charge in [-0.2, -0.15) is 8.42 Å². The predicted octanol–water partition coefficient (Wildman–Crippen LogP) is 2.14. The summed E-state index contributed by atoms with van der Waals surface area (Å²) in [7, 11) is -4.60. The average Bonchev–Trinajstić information content (AvgIpc) is 2.62. The van der Waals surface area contributed by atoms with Gasteiger partial charge in [0.25, 0.3) is 0 Å². The Morgan fingerprint density at radius 1 is 0.960 bits per heavy atom. The molecule has 1 aliphatic heterocycles. The van der Waals surface area contributed by atoms with Gasteiger partial charge in [0.15, 0.2) is 0 Å². The van der Waals surface area contributed by atoms with Gasteiger partial charge in [-0.1, -0.05) is 48.5 Å². The van der Waals surface area contributed by atoms with E-state index in [9.17, 15) is 13.2 Å². The highest BCUT2D eigenvalue weighted by Gasteiger charge is 2.44. The average molecular weight is 360 g/mol. The standard InChI is InChI=1S/C18H20N2O4S/c21-17(19-25(22,23)24)18(15-7-3-1-4-8-15)11-13-20(14-12-18)16-9-5-2-6-10-16/h1-10H,11-14H2,(H,19,21)(H,22,23,24). The molecule has 132 valence electrons. The summed E-state index contributed by atoms with van der Waals surface area (Å²) in [6.07, 6.45) is 0.903. The second kappa shape index (κ2) is 6.85. The Morgan fingerprint density at radius 2 is 1.48 bits per heavy atom. The van der Waals surface area contributed by atoms with Gasteiger partial charge in [0.1, 0.15) is 0 Å². The highest BCUT2D eigenvalue weighted by molar-refractivity contribution is 7.84. The van der Waals surface area contributed by atoms with Gasteiger partial charge in [-0.3, -0.25) is 9.35 Å². The van der Waals surface area contributed by atoms with Gasteiger partial charge in [-0.15, -0.1) is 0 Å². The second-order valence-electron chi connectivity index (χ2n) is 6.18. The van der Waals surface area contributed by atoms with E-state index in [4.69, 9.17) is 4.55 Å². The third-order valence-electron chi connectivity index (χ3n) is 4.72. The Morgan fingerprint density at radius 3 is 2.00 bits per heavy atom. The fourth-order valence-electron chi connectivity index (χ4n) is 3.40. The minimum absolute atomic E-state index is 0.452. The Kier molecular flexibility index (Phi) is 4.78. The SMILES string of the molecule is O=C(NS(=O)(=O)O)C1(c2ccccc2)CCN(c2ccccc2)CC1. The third kappa shape index (κ3) is 3.83. The number of piperidine rings is 1. The molecule has 0 spiro atoms. The van der Waals surface area contributed by atoms with Gasteiger partial charge in [0.2, 0.25) is 5.91 Å². The van der Waals surface area contributed by atoms with E-state index in [1.165, 1.54) is 0 Å². The summed E-state index contributed by atoms with van der Waals surface area (Å²) in [6.45, 7) is 1.22. The lowest BCUT2D eigenvalue weighted by Gasteiger charge is -2.41. The largest absolute Gasteiger partial charge is 0.371 e. The molecule has 0 unspecified atom stereocenters. The summed E-state index contributed by atoms with van der Waals surface area (Å²) in [5, 5.41) is 0. The van der Waals surface area contributed by atoms with Crippen molar-refractivity contribution in [1.82, 2.24) is 4.72 Å². The first-order chi connectivity index (χ1) is 11.9. The number of rotatable bonds is 4. The van der Waals surface area contributed by atoms with Gasteiger partial charge in [-0.05, 0) is 30.5 Å². The van der Waals surface area contributed by atoms with Crippen molar-refractivity contribution in [2.45, 2.75) is 18.3 Å². The number of benzene rings is 2. The highest BCUT2D eigenvalue weighted by atomic mass is 32.2. The van der Waals surface area contributed by atoms with Gasteiger partial charge < -0.3 is 4.90 Å². The summed E-state index contributed by atoms with van der Waals surface area (Å²) in [4.78, 5) is 14.9. The molecule has 1 aliphatic rings. The molecule has 1 amide bonds. The van der Waals surface area contributed by atoms with Gasteiger partial charge in [0, 0.05) is 18.8 Å². The third-order valence-corrected chi connectivity index (χ3v) is 5.16. The predicted molar refractivity (Wildman–Crippen MR) is 95.7 cm³/mol. The molecule has 3 rings (SSSR count). The molecule has 25 heavy (non-hydrogen) atoms. The van der Waals surface area contributed by atoms with Gasteiger partial charge in [0.05, 0.1) is 5.41 Å². The molecule has 1 fully saturated rings. The molecule has 0 aromatic heterocycles. The molecule has 2 aromatic rings. The second-order valence-corrected chi connectivity index (χ2v) is 7.33. The van der Waals surface area contributed by atoms with Crippen molar-refractivity contribution >= 4 is 21.9 Å². The van der Waals surface area contributed by atoms with Crippen LogP contribution in [0.5, 0.6) is 0 Å². The lowest BCUT2D eigenvalue weighted by Crippen LogP contribution is -2.52. The zero-order chi connectivity index (χ0) is 17.9. The first-order valence-electron chi connectivity index (χ1n) is 8.06.